The normalized spacial score (nSPS) is 10.8. The Kier molecular flexibility index (Phi) is 4.54. The summed E-state index contributed by atoms with van der Waals surface area (Å²) in [4.78, 5) is 19.8. The van der Waals surface area contributed by atoms with Crippen LogP contribution in [0.15, 0.2) is 67.4 Å². The second kappa shape index (κ2) is 7.13. The Labute approximate surface area is 133 Å². The van der Waals surface area contributed by atoms with E-state index < -0.39 is 0 Å². The summed E-state index contributed by atoms with van der Waals surface area (Å²) in [5.41, 5.74) is 2.54. The highest BCUT2D eigenvalue weighted by molar-refractivity contribution is 5.91. The van der Waals surface area contributed by atoms with Gasteiger partial charge in [0.1, 0.15) is 0 Å². The van der Waals surface area contributed by atoms with Gasteiger partial charge in [0.05, 0.1) is 23.8 Å². The minimum atomic E-state index is -0.192. The van der Waals surface area contributed by atoms with Gasteiger partial charge < -0.3 is 5.32 Å². The van der Waals surface area contributed by atoms with E-state index >= 15 is 0 Å². The minimum absolute atomic E-state index is 0.192. The molecule has 0 aliphatic carbocycles. The Morgan fingerprint density at radius 3 is 2.83 bits per heavy atom. The number of benzene rings is 1. The second-order valence-corrected chi connectivity index (χ2v) is 4.81. The summed E-state index contributed by atoms with van der Waals surface area (Å²) in [5.74, 6) is -0.192. The lowest BCUT2D eigenvalue weighted by Gasteiger charge is -2.00. The van der Waals surface area contributed by atoms with Gasteiger partial charge in [-0.3, -0.25) is 14.8 Å². The summed E-state index contributed by atoms with van der Waals surface area (Å²) in [7, 11) is 0. The van der Waals surface area contributed by atoms with Crippen molar-refractivity contribution in [2.45, 2.75) is 6.54 Å². The fourth-order valence-corrected chi connectivity index (χ4v) is 1.98. The van der Waals surface area contributed by atoms with Crippen LogP contribution in [0.5, 0.6) is 0 Å². The Balaban J connectivity index is 1.55. The Bertz CT molecular complexity index is 796. The fraction of sp³-hybridized carbons (Fsp3) is 0.0588. The van der Waals surface area contributed by atoms with Crippen LogP contribution in [-0.2, 0) is 11.3 Å². The van der Waals surface area contributed by atoms with Crippen LogP contribution in [0.1, 0.15) is 11.3 Å². The second-order valence-electron chi connectivity index (χ2n) is 4.81. The Morgan fingerprint density at radius 2 is 2.04 bits per heavy atom. The van der Waals surface area contributed by atoms with Crippen molar-refractivity contribution in [2.24, 2.45) is 0 Å². The molecule has 0 saturated carbocycles. The van der Waals surface area contributed by atoms with Crippen molar-refractivity contribution >= 4 is 12.0 Å². The summed E-state index contributed by atoms with van der Waals surface area (Å²) in [6.07, 6.45) is 11.4. The predicted molar refractivity (Wildman–Crippen MR) is 86.5 cm³/mol. The molecule has 0 fully saturated rings. The molecule has 6 heteroatoms. The van der Waals surface area contributed by atoms with Gasteiger partial charge >= 0.3 is 0 Å². The Hall–Kier alpha value is -3.28. The van der Waals surface area contributed by atoms with Crippen molar-refractivity contribution in [3.63, 3.8) is 0 Å². The van der Waals surface area contributed by atoms with Crippen molar-refractivity contribution in [1.82, 2.24) is 25.1 Å². The van der Waals surface area contributed by atoms with Crippen LogP contribution in [0.25, 0.3) is 11.8 Å². The van der Waals surface area contributed by atoms with E-state index in [2.05, 4.69) is 20.4 Å². The van der Waals surface area contributed by atoms with Gasteiger partial charge in [-0.2, -0.15) is 5.10 Å². The first-order valence-corrected chi connectivity index (χ1v) is 7.12. The molecule has 2 heterocycles. The molecular formula is C17H15N5O. The van der Waals surface area contributed by atoms with Gasteiger partial charge in [-0.05, 0) is 18.2 Å². The van der Waals surface area contributed by atoms with E-state index in [-0.39, 0.29) is 5.91 Å². The highest BCUT2D eigenvalue weighted by atomic mass is 16.1. The lowest BCUT2D eigenvalue weighted by molar-refractivity contribution is -0.116. The highest BCUT2D eigenvalue weighted by Crippen LogP contribution is 2.07. The fourth-order valence-electron chi connectivity index (χ4n) is 1.98. The Morgan fingerprint density at radius 1 is 1.17 bits per heavy atom. The number of rotatable bonds is 5. The molecule has 0 aliphatic rings. The number of nitrogens with zero attached hydrogens (tertiary/aromatic N) is 4. The number of hydrogen-bond acceptors (Lipinski definition) is 4. The van der Waals surface area contributed by atoms with Gasteiger partial charge in [-0.25, -0.2) is 4.68 Å². The quantitative estimate of drug-likeness (QED) is 0.732. The van der Waals surface area contributed by atoms with Crippen molar-refractivity contribution in [2.75, 3.05) is 0 Å². The molecule has 0 spiro atoms. The molecule has 3 aromatic rings. The predicted octanol–water partition coefficient (Wildman–Crippen LogP) is 1.99. The molecule has 1 amide bonds. The van der Waals surface area contributed by atoms with Crippen LogP contribution in [0.3, 0.4) is 0 Å². The first-order chi connectivity index (χ1) is 11.3. The van der Waals surface area contributed by atoms with E-state index in [1.807, 2.05) is 36.5 Å². The van der Waals surface area contributed by atoms with Crippen molar-refractivity contribution in [3.05, 3.63) is 78.6 Å². The van der Waals surface area contributed by atoms with Crippen LogP contribution in [0, 0.1) is 0 Å². The summed E-state index contributed by atoms with van der Waals surface area (Å²) in [5, 5.41) is 7.09. The first kappa shape index (κ1) is 14.6. The summed E-state index contributed by atoms with van der Waals surface area (Å²) >= 11 is 0. The largest absolute Gasteiger partial charge is 0.348 e. The van der Waals surface area contributed by atoms with E-state index in [0.29, 0.717) is 12.2 Å². The molecule has 0 saturated heterocycles. The number of nitrogens with one attached hydrogen (secondary N) is 1. The molecule has 1 N–H and O–H groups in total. The van der Waals surface area contributed by atoms with Crippen molar-refractivity contribution in [1.29, 1.82) is 0 Å². The maximum Gasteiger partial charge on any atom is 0.244 e. The van der Waals surface area contributed by atoms with Gasteiger partial charge in [-0.15, -0.1) is 0 Å². The van der Waals surface area contributed by atoms with E-state index in [0.717, 1.165) is 11.3 Å². The average molecular weight is 305 g/mol. The zero-order valence-electron chi connectivity index (χ0n) is 12.3. The van der Waals surface area contributed by atoms with E-state index in [9.17, 15) is 4.79 Å². The molecule has 114 valence electrons. The van der Waals surface area contributed by atoms with E-state index in [1.165, 1.54) is 6.08 Å². The molecule has 0 aliphatic heterocycles. The van der Waals surface area contributed by atoms with E-state index in [1.54, 1.807) is 35.5 Å². The zero-order valence-corrected chi connectivity index (χ0v) is 12.3. The van der Waals surface area contributed by atoms with Gasteiger partial charge in [-0.1, -0.05) is 18.2 Å². The maximum atomic E-state index is 11.8. The third-order valence-electron chi connectivity index (χ3n) is 3.11. The number of aromatic nitrogens is 4. The van der Waals surface area contributed by atoms with Crippen LogP contribution >= 0.6 is 0 Å². The summed E-state index contributed by atoms with van der Waals surface area (Å²) in [6.45, 7) is 0.413. The smallest absolute Gasteiger partial charge is 0.244 e. The standard InChI is InChI=1S/C17H15N5O/c23-17(7-6-15-12-18-8-9-19-15)20-10-14-11-21-22(13-14)16-4-2-1-3-5-16/h1-9,11-13H,10H2,(H,20,23)/b7-6+. The zero-order chi connectivity index (χ0) is 15.9. The van der Waals surface area contributed by atoms with Gasteiger partial charge in [0.25, 0.3) is 0 Å². The topological polar surface area (TPSA) is 72.7 Å². The maximum absolute atomic E-state index is 11.8. The van der Waals surface area contributed by atoms with Gasteiger partial charge in [0.2, 0.25) is 5.91 Å². The third kappa shape index (κ3) is 4.10. The summed E-state index contributed by atoms with van der Waals surface area (Å²) < 4.78 is 1.77. The van der Waals surface area contributed by atoms with Gasteiger partial charge in [0.15, 0.2) is 0 Å². The molecule has 2 aromatic heterocycles. The lowest BCUT2D eigenvalue weighted by Crippen LogP contribution is -2.19. The molecule has 6 nitrogen and oxygen atoms in total. The molecule has 23 heavy (non-hydrogen) atoms. The molecule has 0 atom stereocenters. The van der Waals surface area contributed by atoms with Crippen molar-refractivity contribution < 1.29 is 4.79 Å². The first-order valence-electron chi connectivity index (χ1n) is 7.12. The number of amides is 1. The number of para-hydroxylation sites is 1. The van der Waals surface area contributed by atoms with E-state index in [4.69, 9.17) is 0 Å². The number of hydrogen-bond donors (Lipinski definition) is 1. The van der Waals surface area contributed by atoms with Crippen LogP contribution in [0.4, 0.5) is 0 Å². The average Bonchev–Trinajstić information content (AvgIpc) is 3.09. The molecule has 0 radical (unpaired) electrons. The third-order valence-corrected chi connectivity index (χ3v) is 3.11. The minimum Gasteiger partial charge on any atom is -0.348 e. The molecule has 0 bridgehead atoms. The lowest BCUT2D eigenvalue weighted by atomic mass is 10.3. The monoisotopic (exact) mass is 305 g/mol. The number of carbonyl (C=O) groups excluding carboxylic acids is 1. The van der Waals surface area contributed by atoms with Gasteiger partial charge in [0, 0.05) is 36.8 Å². The SMILES string of the molecule is O=C(/C=C/c1cnccn1)NCc1cnn(-c2ccccc2)c1. The molecular weight excluding hydrogens is 290 g/mol. The molecule has 3 rings (SSSR count). The van der Waals surface area contributed by atoms with Crippen molar-refractivity contribution in [3.8, 4) is 5.69 Å². The molecule has 0 unspecified atom stereocenters. The van der Waals surface area contributed by atoms with Crippen LogP contribution in [0.2, 0.25) is 0 Å². The summed E-state index contributed by atoms with van der Waals surface area (Å²) in [6, 6.07) is 9.81. The van der Waals surface area contributed by atoms with Crippen LogP contribution < -0.4 is 5.32 Å². The molecule has 1 aromatic carbocycles. The highest BCUT2D eigenvalue weighted by Gasteiger charge is 2.02. The van der Waals surface area contributed by atoms with Crippen LogP contribution in [-0.4, -0.2) is 25.7 Å². The number of carbonyl (C=O) groups is 1.